The lowest BCUT2D eigenvalue weighted by Crippen LogP contribution is -2.31. The average Bonchev–Trinajstić information content (AvgIpc) is 3.27. The molecule has 6 heteroatoms. The molecule has 1 saturated heterocycles. The molecule has 5 nitrogen and oxygen atoms in total. The smallest absolute Gasteiger partial charge is 0.252 e. The van der Waals surface area contributed by atoms with Gasteiger partial charge in [0.25, 0.3) is 5.91 Å². The zero-order valence-electron chi connectivity index (χ0n) is 15.4. The summed E-state index contributed by atoms with van der Waals surface area (Å²) in [5, 5.41) is 3.01. The van der Waals surface area contributed by atoms with E-state index in [0.717, 1.165) is 29.9 Å². The van der Waals surface area contributed by atoms with Crippen molar-refractivity contribution in [1.29, 1.82) is 0 Å². The van der Waals surface area contributed by atoms with Gasteiger partial charge in [-0.2, -0.15) is 0 Å². The molecule has 3 heterocycles. The summed E-state index contributed by atoms with van der Waals surface area (Å²) in [7, 11) is 2.14. The van der Waals surface area contributed by atoms with Crippen LogP contribution in [0.1, 0.15) is 29.6 Å². The summed E-state index contributed by atoms with van der Waals surface area (Å²) < 4.78 is 14.9. The summed E-state index contributed by atoms with van der Waals surface area (Å²) in [6, 6.07) is 10.4. The second kappa shape index (κ2) is 7.48. The number of pyridine rings is 1. The molecule has 4 rings (SSSR count). The highest BCUT2D eigenvalue weighted by Crippen LogP contribution is 2.20. The highest BCUT2D eigenvalue weighted by atomic mass is 19.1. The third-order valence-corrected chi connectivity index (χ3v) is 5.29. The Bertz CT molecular complexity index is 950. The number of hydrogen-bond donors (Lipinski definition) is 1. The molecule has 1 fully saturated rings. The molecular formula is C21H23FN4O. The van der Waals surface area contributed by atoms with Gasteiger partial charge in [-0.25, -0.2) is 9.37 Å². The maximum Gasteiger partial charge on any atom is 0.252 e. The van der Waals surface area contributed by atoms with Crippen LogP contribution in [0.2, 0.25) is 0 Å². The number of likely N-dealkylation sites (tertiary alicyclic amines) is 1. The van der Waals surface area contributed by atoms with Crippen molar-refractivity contribution in [3.8, 4) is 11.3 Å². The number of halogens is 1. The largest absolute Gasteiger partial charge is 0.352 e. The molecule has 2 aromatic heterocycles. The van der Waals surface area contributed by atoms with Gasteiger partial charge in [-0.15, -0.1) is 0 Å². The molecular weight excluding hydrogens is 343 g/mol. The molecule has 1 aliphatic heterocycles. The number of aromatic nitrogens is 2. The number of carbonyl (C=O) groups excluding carboxylic acids is 1. The van der Waals surface area contributed by atoms with Gasteiger partial charge in [0.2, 0.25) is 0 Å². The van der Waals surface area contributed by atoms with Crippen LogP contribution in [-0.4, -0.2) is 46.4 Å². The van der Waals surface area contributed by atoms with E-state index in [1.54, 1.807) is 24.4 Å². The fraction of sp³-hybridized carbons (Fsp3) is 0.333. The Labute approximate surface area is 157 Å². The van der Waals surface area contributed by atoms with Crippen LogP contribution in [0, 0.1) is 5.82 Å². The van der Waals surface area contributed by atoms with E-state index in [0.29, 0.717) is 18.2 Å². The zero-order chi connectivity index (χ0) is 18.8. The van der Waals surface area contributed by atoms with E-state index >= 15 is 0 Å². The van der Waals surface area contributed by atoms with Crippen LogP contribution in [-0.2, 0) is 0 Å². The molecule has 1 amide bonds. The Kier molecular flexibility index (Phi) is 4.90. The topological polar surface area (TPSA) is 49.6 Å². The van der Waals surface area contributed by atoms with Crippen LogP contribution in [0.15, 0.2) is 48.8 Å². The first-order chi connectivity index (χ1) is 13.1. The van der Waals surface area contributed by atoms with Gasteiger partial charge in [-0.05, 0) is 69.3 Å². The highest BCUT2D eigenvalue weighted by molar-refractivity contribution is 5.94. The monoisotopic (exact) mass is 366 g/mol. The summed E-state index contributed by atoms with van der Waals surface area (Å²) >= 11 is 0. The molecule has 1 N–H and O–H groups in total. The summed E-state index contributed by atoms with van der Waals surface area (Å²) in [5.41, 5.74) is 2.94. The standard InChI is InChI=1S/C21H23FN4O/c1-25-12-2-3-18(25)10-11-23-21(27)16-6-9-20-24-19(14-26(20)13-16)15-4-7-17(22)8-5-15/h4-9,13-14,18H,2-3,10-12H2,1H3,(H,23,27)/t18-/m0/s1. The quantitative estimate of drug-likeness (QED) is 0.753. The molecule has 0 radical (unpaired) electrons. The third-order valence-electron chi connectivity index (χ3n) is 5.29. The predicted molar refractivity (Wildman–Crippen MR) is 103 cm³/mol. The Balaban J connectivity index is 1.44. The lowest BCUT2D eigenvalue weighted by atomic mass is 10.1. The van der Waals surface area contributed by atoms with Crippen molar-refractivity contribution in [2.45, 2.75) is 25.3 Å². The Morgan fingerprint density at radius 2 is 2.04 bits per heavy atom. The van der Waals surface area contributed by atoms with E-state index in [9.17, 15) is 9.18 Å². The Morgan fingerprint density at radius 3 is 2.78 bits per heavy atom. The van der Waals surface area contributed by atoms with Gasteiger partial charge >= 0.3 is 0 Å². The van der Waals surface area contributed by atoms with Crippen molar-refractivity contribution in [1.82, 2.24) is 19.6 Å². The van der Waals surface area contributed by atoms with E-state index in [2.05, 4.69) is 22.2 Å². The van der Waals surface area contributed by atoms with Crippen molar-refractivity contribution < 1.29 is 9.18 Å². The highest BCUT2D eigenvalue weighted by Gasteiger charge is 2.20. The molecule has 0 bridgehead atoms. The number of nitrogens with one attached hydrogen (secondary N) is 1. The maximum atomic E-state index is 13.1. The number of fused-ring (bicyclic) bond motifs is 1. The normalized spacial score (nSPS) is 17.5. The van der Waals surface area contributed by atoms with Crippen molar-refractivity contribution >= 4 is 11.6 Å². The number of imidazole rings is 1. The van der Waals surface area contributed by atoms with E-state index < -0.39 is 0 Å². The lowest BCUT2D eigenvalue weighted by molar-refractivity contribution is 0.0950. The third kappa shape index (κ3) is 3.85. The van der Waals surface area contributed by atoms with Gasteiger partial charge in [0, 0.05) is 30.5 Å². The predicted octanol–water partition coefficient (Wildman–Crippen LogP) is 3.35. The van der Waals surface area contributed by atoms with Gasteiger partial charge in [0.15, 0.2) is 0 Å². The lowest BCUT2D eigenvalue weighted by Gasteiger charge is -2.19. The average molecular weight is 366 g/mol. The number of benzene rings is 1. The van der Waals surface area contributed by atoms with E-state index in [1.165, 1.54) is 25.0 Å². The molecule has 140 valence electrons. The van der Waals surface area contributed by atoms with Crippen LogP contribution in [0.25, 0.3) is 16.9 Å². The summed E-state index contributed by atoms with van der Waals surface area (Å²) in [6.45, 7) is 1.82. The number of carbonyl (C=O) groups is 1. The van der Waals surface area contributed by atoms with Crippen molar-refractivity contribution in [2.75, 3.05) is 20.1 Å². The van der Waals surface area contributed by atoms with Crippen molar-refractivity contribution in [3.63, 3.8) is 0 Å². The number of hydrogen-bond acceptors (Lipinski definition) is 3. The number of rotatable bonds is 5. The van der Waals surface area contributed by atoms with Gasteiger partial charge < -0.3 is 14.6 Å². The summed E-state index contributed by atoms with van der Waals surface area (Å²) in [4.78, 5) is 19.4. The molecule has 3 aromatic rings. The number of amides is 1. The first-order valence-corrected chi connectivity index (χ1v) is 9.33. The Morgan fingerprint density at radius 1 is 1.22 bits per heavy atom. The minimum atomic E-state index is -0.273. The molecule has 0 saturated carbocycles. The van der Waals surface area contributed by atoms with E-state index in [1.807, 2.05) is 16.7 Å². The summed E-state index contributed by atoms with van der Waals surface area (Å²) in [6.07, 6.45) is 7.06. The van der Waals surface area contributed by atoms with Crippen LogP contribution < -0.4 is 5.32 Å². The minimum Gasteiger partial charge on any atom is -0.352 e. The number of nitrogens with zero attached hydrogens (tertiary/aromatic N) is 3. The van der Waals surface area contributed by atoms with Crippen LogP contribution in [0.4, 0.5) is 4.39 Å². The zero-order valence-corrected chi connectivity index (χ0v) is 15.4. The molecule has 0 spiro atoms. The first-order valence-electron chi connectivity index (χ1n) is 9.33. The molecule has 0 aliphatic carbocycles. The van der Waals surface area contributed by atoms with Gasteiger partial charge in [0.05, 0.1) is 11.3 Å². The molecule has 0 unspecified atom stereocenters. The van der Waals surface area contributed by atoms with Crippen molar-refractivity contribution in [3.05, 3.63) is 60.2 Å². The second-order valence-electron chi connectivity index (χ2n) is 7.14. The van der Waals surface area contributed by atoms with Crippen LogP contribution in [0.3, 0.4) is 0 Å². The van der Waals surface area contributed by atoms with Gasteiger partial charge in [-0.3, -0.25) is 4.79 Å². The SMILES string of the molecule is CN1CCC[C@H]1CCNC(=O)c1ccc2nc(-c3ccc(F)cc3)cn2c1. The first kappa shape index (κ1) is 17.7. The maximum absolute atomic E-state index is 13.1. The molecule has 1 atom stereocenters. The fourth-order valence-electron chi connectivity index (χ4n) is 3.68. The van der Waals surface area contributed by atoms with Crippen LogP contribution in [0.5, 0.6) is 0 Å². The minimum absolute atomic E-state index is 0.0745. The molecule has 27 heavy (non-hydrogen) atoms. The summed E-state index contributed by atoms with van der Waals surface area (Å²) in [5.74, 6) is -0.347. The van der Waals surface area contributed by atoms with Gasteiger partial charge in [-0.1, -0.05) is 0 Å². The van der Waals surface area contributed by atoms with E-state index in [-0.39, 0.29) is 11.7 Å². The van der Waals surface area contributed by atoms with Crippen molar-refractivity contribution in [2.24, 2.45) is 0 Å². The molecule has 1 aromatic carbocycles. The fourth-order valence-corrected chi connectivity index (χ4v) is 3.68. The molecule has 1 aliphatic rings. The Hall–Kier alpha value is -2.73. The van der Waals surface area contributed by atoms with E-state index in [4.69, 9.17) is 0 Å². The van der Waals surface area contributed by atoms with Gasteiger partial charge in [0.1, 0.15) is 11.5 Å². The van der Waals surface area contributed by atoms with Crippen LogP contribution >= 0.6 is 0 Å². The second-order valence-corrected chi connectivity index (χ2v) is 7.14.